The molecule has 1 aromatic rings. The van der Waals surface area contributed by atoms with E-state index in [0.717, 1.165) is 0 Å². The standard InChI is InChI=1S/C11H17Cl2N3O/c1-4-17-6-7(2)15-11-9(13)5-8(12)10(14-3)16-11/h5,7H,4,6H2,1-3H3,(H2,14,15,16). The van der Waals surface area contributed by atoms with E-state index < -0.39 is 0 Å². The maximum atomic E-state index is 6.06. The van der Waals surface area contributed by atoms with Gasteiger partial charge in [-0.2, -0.15) is 0 Å². The fourth-order valence-electron chi connectivity index (χ4n) is 1.31. The third-order valence-electron chi connectivity index (χ3n) is 2.12. The van der Waals surface area contributed by atoms with Crippen molar-refractivity contribution in [2.24, 2.45) is 0 Å². The van der Waals surface area contributed by atoms with E-state index >= 15 is 0 Å². The van der Waals surface area contributed by atoms with Crippen LogP contribution in [0.2, 0.25) is 10.0 Å². The molecule has 0 aliphatic carbocycles. The molecule has 0 saturated heterocycles. The Morgan fingerprint density at radius 1 is 1.35 bits per heavy atom. The van der Waals surface area contributed by atoms with Gasteiger partial charge in [0.05, 0.1) is 16.7 Å². The van der Waals surface area contributed by atoms with Crippen LogP contribution in [0.4, 0.5) is 11.6 Å². The first-order valence-electron chi connectivity index (χ1n) is 5.46. The topological polar surface area (TPSA) is 46.2 Å². The number of nitrogens with one attached hydrogen (secondary N) is 2. The number of aromatic nitrogens is 1. The Balaban J connectivity index is 2.76. The number of hydrogen-bond acceptors (Lipinski definition) is 4. The zero-order chi connectivity index (χ0) is 12.8. The normalized spacial score (nSPS) is 12.3. The van der Waals surface area contributed by atoms with Crippen LogP contribution in [0.5, 0.6) is 0 Å². The molecule has 0 aliphatic rings. The quantitative estimate of drug-likeness (QED) is 0.838. The van der Waals surface area contributed by atoms with Gasteiger partial charge in [-0.3, -0.25) is 0 Å². The van der Waals surface area contributed by atoms with Crippen molar-refractivity contribution in [1.29, 1.82) is 0 Å². The van der Waals surface area contributed by atoms with Crippen LogP contribution in [-0.2, 0) is 4.74 Å². The van der Waals surface area contributed by atoms with Gasteiger partial charge in [-0.1, -0.05) is 23.2 Å². The van der Waals surface area contributed by atoms with Crippen molar-refractivity contribution in [1.82, 2.24) is 4.98 Å². The highest BCUT2D eigenvalue weighted by Gasteiger charge is 2.10. The lowest BCUT2D eigenvalue weighted by Crippen LogP contribution is -2.22. The zero-order valence-corrected chi connectivity index (χ0v) is 11.7. The maximum absolute atomic E-state index is 6.06. The fourth-order valence-corrected chi connectivity index (χ4v) is 1.82. The second-order valence-electron chi connectivity index (χ2n) is 3.60. The van der Waals surface area contributed by atoms with E-state index in [0.29, 0.717) is 34.9 Å². The molecule has 96 valence electrons. The molecule has 0 saturated carbocycles. The summed E-state index contributed by atoms with van der Waals surface area (Å²) in [5, 5.41) is 7.08. The van der Waals surface area contributed by atoms with Gasteiger partial charge >= 0.3 is 0 Å². The predicted octanol–water partition coefficient (Wildman–Crippen LogP) is 3.27. The molecule has 0 aliphatic heterocycles. The Morgan fingerprint density at radius 2 is 2.00 bits per heavy atom. The highest BCUT2D eigenvalue weighted by Crippen LogP contribution is 2.29. The van der Waals surface area contributed by atoms with Crippen LogP contribution in [0.15, 0.2) is 6.07 Å². The smallest absolute Gasteiger partial charge is 0.147 e. The summed E-state index contributed by atoms with van der Waals surface area (Å²) < 4.78 is 5.31. The molecule has 1 heterocycles. The van der Waals surface area contributed by atoms with Gasteiger partial charge in [0.15, 0.2) is 0 Å². The minimum Gasteiger partial charge on any atom is -0.380 e. The Kier molecular flexibility index (Phi) is 5.82. The molecule has 17 heavy (non-hydrogen) atoms. The Morgan fingerprint density at radius 3 is 2.59 bits per heavy atom. The third kappa shape index (κ3) is 4.22. The van der Waals surface area contributed by atoms with Crippen molar-refractivity contribution in [3.63, 3.8) is 0 Å². The highest BCUT2D eigenvalue weighted by molar-refractivity contribution is 6.37. The van der Waals surface area contributed by atoms with Gasteiger partial charge in [0, 0.05) is 19.7 Å². The summed E-state index contributed by atoms with van der Waals surface area (Å²) in [7, 11) is 1.76. The average Bonchev–Trinajstić information content (AvgIpc) is 2.30. The predicted molar refractivity (Wildman–Crippen MR) is 73.4 cm³/mol. The molecule has 0 bridgehead atoms. The maximum Gasteiger partial charge on any atom is 0.147 e. The molecule has 1 aromatic heterocycles. The van der Waals surface area contributed by atoms with Crippen molar-refractivity contribution in [2.45, 2.75) is 19.9 Å². The molecule has 1 unspecified atom stereocenters. The van der Waals surface area contributed by atoms with Crippen LogP contribution in [0.3, 0.4) is 0 Å². The summed E-state index contributed by atoms with van der Waals surface area (Å²) in [6, 6.07) is 1.79. The molecule has 0 spiro atoms. The molecular weight excluding hydrogens is 261 g/mol. The lowest BCUT2D eigenvalue weighted by molar-refractivity contribution is 0.141. The van der Waals surface area contributed by atoms with Crippen LogP contribution in [0.1, 0.15) is 13.8 Å². The first-order chi connectivity index (χ1) is 8.08. The van der Waals surface area contributed by atoms with E-state index in [1.165, 1.54) is 0 Å². The number of hydrogen-bond donors (Lipinski definition) is 2. The molecule has 1 rings (SSSR count). The largest absolute Gasteiger partial charge is 0.380 e. The number of anilines is 2. The van der Waals surface area contributed by atoms with Gasteiger partial charge in [-0.25, -0.2) is 4.98 Å². The molecule has 0 amide bonds. The number of ether oxygens (including phenoxy) is 1. The average molecular weight is 278 g/mol. The summed E-state index contributed by atoms with van der Waals surface area (Å²) in [6.07, 6.45) is 0. The molecule has 1 atom stereocenters. The van der Waals surface area contributed by atoms with Gasteiger partial charge in [-0.05, 0) is 19.9 Å². The summed E-state index contributed by atoms with van der Waals surface area (Å²) in [5.74, 6) is 1.20. The second-order valence-corrected chi connectivity index (χ2v) is 4.42. The summed E-state index contributed by atoms with van der Waals surface area (Å²) >= 11 is 12.0. The molecule has 0 aromatic carbocycles. The molecule has 0 fully saturated rings. The van der Waals surface area contributed by atoms with Crippen LogP contribution in [-0.4, -0.2) is 31.3 Å². The van der Waals surface area contributed by atoms with E-state index in [2.05, 4.69) is 15.6 Å². The fraction of sp³-hybridized carbons (Fsp3) is 0.545. The van der Waals surface area contributed by atoms with Gasteiger partial charge in [-0.15, -0.1) is 0 Å². The third-order valence-corrected chi connectivity index (χ3v) is 2.70. The molecular formula is C11H17Cl2N3O. The van der Waals surface area contributed by atoms with E-state index in [1.54, 1.807) is 13.1 Å². The van der Waals surface area contributed by atoms with Crippen LogP contribution >= 0.6 is 23.2 Å². The minimum absolute atomic E-state index is 0.130. The van der Waals surface area contributed by atoms with E-state index in [-0.39, 0.29) is 6.04 Å². The Bertz CT molecular complexity index is 374. The summed E-state index contributed by atoms with van der Waals surface area (Å²) in [5.41, 5.74) is 0. The molecule has 6 heteroatoms. The van der Waals surface area contributed by atoms with E-state index in [9.17, 15) is 0 Å². The van der Waals surface area contributed by atoms with Crippen molar-refractivity contribution >= 4 is 34.8 Å². The van der Waals surface area contributed by atoms with Gasteiger partial charge in [0.1, 0.15) is 11.6 Å². The summed E-state index contributed by atoms with van der Waals surface area (Å²) in [4.78, 5) is 4.30. The minimum atomic E-state index is 0.130. The highest BCUT2D eigenvalue weighted by atomic mass is 35.5. The van der Waals surface area contributed by atoms with E-state index in [1.807, 2.05) is 13.8 Å². The molecule has 4 nitrogen and oxygen atoms in total. The number of halogens is 2. The lowest BCUT2D eigenvalue weighted by atomic mass is 10.3. The first kappa shape index (κ1) is 14.4. The second kappa shape index (κ2) is 6.89. The molecule has 2 N–H and O–H groups in total. The van der Waals surface area contributed by atoms with E-state index in [4.69, 9.17) is 27.9 Å². The Labute approximate surface area is 112 Å². The van der Waals surface area contributed by atoms with Crippen molar-refractivity contribution in [3.8, 4) is 0 Å². The van der Waals surface area contributed by atoms with Gasteiger partial charge in [0.2, 0.25) is 0 Å². The SMILES string of the molecule is CCOCC(C)Nc1nc(NC)c(Cl)cc1Cl. The van der Waals surface area contributed by atoms with Gasteiger partial charge in [0.25, 0.3) is 0 Å². The molecule has 0 radical (unpaired) electrons. The van der Waals surface area contributed by atoms with Crippen molar-refractivity contribution < 1.29 is 4.74 Å². The summed E-state index contributed by atoms with van der Waals surface area (Å²) in [6.45, 7) is 5.25. The van der Waals surface area contributed by atoms with Crippen molar-refractivity contribution in [2.75, 3.05) is 30.9 Å². The monoisotopic (exact) mass is 277 g/mol. The van der Waals surface area contributed by atoms with Crippen molar-refractivity contribution in [3.05, 3.63) is 16.1 Å². The number of pyridine rings is 1. The Hall–Kier alpha value is -0.710. The van der Waals surface area contributed by atoms with Gasteiger partial charge < -0.3 is 15.4 Å². The van der Waals surface area contributed by atoms with Crippen LogP contribution in [0, 0.1) is 0 Å². The zero-order valence-electron chi connectivity index (χ0n) is 10.2. The number of nitrogens with zero attached hydrogens (tertiary/aromatic N) is 1. The first-order valence-corrected chi connectivity index (χ1v) is 6.22. The lowest BCUT2D eigenvalue weighted by Gasteiger charge is -2.16. The van der Waals surface area contributed by atoms with Crippen LogP contribution < -0.4 is 10.6 Å². The number of rotatable bonds is 6. The van der Waals surface area contributed by atoms with Crippen LogP contribution in [0.25, 0.3) is 0 Å².